The van der Waals surface area contributed by atoms with E-state index in [2.05, 4.69) is 17.2 Å². The number of hydrogen-bond donors (Lipinski definition) is 1. The Kier molecular flexibility index (Phi) is 2.96. The van der Waals surface area contributed by atoms with Gasteiger partial charge in [0.25, 0.3) is 5.69 Å². The van der Waals surface area contributed by atoms with Crippen molar-refractivity contribution in [2.75, 3.05) is 5.32 Å². The minimum absolute atomic E-state index is 0.0848. The molecule has 0 saturated heterocycles. The van der Waals surface area contributed by atoms with Crippen molar-refractivity contribution in [3.05, 3.63) is 27.4 Å². The second-order valence-electron chi connectivity index (χ2n) is 3.94. The van der Waals surface area contributed by atoms with E-state index in [1.165, 1.54) is 12.3 Å². The van der Waals surface area contributed by atoms with Crippen molar-refractivity contribution in [1.29, 1.82) is 0 Å². The van der Waals surface area contributed by atoms with E-state index in [0.29, 0.717) is 22.8 Å². The predicted octanol–water partition coefficient (Wildman–Crippen LogP) is 2.85. The molecule has 1 aliphatic carbocycles. The van der Waals surface area contributed by atoms with Crippen molar-refractivity contribution in [1.82, 2.24) is 4.98 Å². The van der Waals surface area contributed by atoms with Gasteiger partial charge in [-0.05, 0) is 12.3 Å². The maximum atomic E-state index is 10.5. The van der Waals surface area contributed by atoms with E-state index in [-0.39, 0.29) is 5.69 Å². The first kappa shape index (κ1) is 11.1. The number of rotatable bonds is 4. The standard InChI is InChI=1S/C10H12ClN3O2/c1-2-6-3-9(6)13-10-8(11)4-7(5-12-10)14(15)16/h4-6,9H,2-3H2,1H3,(H,12,13). The van der Waals surface area contributed by atoms with E-state index in [1.54, 1.807) is 0 Å². The molecule has 0 aromatic carbocycles. The van der Waals surface area contributed by atoms with Crippen LogP contribution in [0.15, 0.2) is 12.3 Å². The molecule has 6 heteroatoms. The van der Waals surface area contributed by atoms with Crippen LogP contribution in [0.25, 0.3) is 0 Å². The summed E-state index contributed by atoms with van der Waals surface area (Å²) in [6.45, 7) is 2.14. The number of nitrogens with zero attached hydrogens (tertiary/aromatic N) is 2. The van der Waals surface area contributed by atoms with Gasteiger partial charge in [-0.3, -0.25) is 10.1 Å². The fourth-order valence-corrected chi connectivity index (χ4v) is 1.90. The molecule has 2 unspecified atom stereocenters. The van der Waals surface area contributed by atoms with Gasteiger partial charge in [0.2, 0.25) is 0 Å². The molecule has 1 aromatic rings. The smallest absolute Gasteiger partial charge is 0.289 e. The zero-order valence-corrected chi connectivity index (χ0v) is 9.57. The molecule has 86 valence electrons. The monoisotopic (exact) mass is 241 g/mol. The molecule has 0 radical (unpaired) electrons. The van der Waals surface area contributed by atoms with Gasteiger partial charge in [0, 0.05) is 12.1 Å². The second kappa shape index (κ2) is 4.25. The quantitative estimate of drug-likeness (QED) is 0.650. The minimum Gasteiger partial charge on any atom is -0.366 e. The topological polar surface area (TPSA) is 68.1 Å². The number of pyridine rings is 1. The molecule has 16 heavy (non-hydrogen) atoms. The van der Waals surface area contributed by atoms with Gasteiger partial charge in [-0.2, -0.15) is 0 Å². The van der Waals surface area contributed by atoms with E-state index in [9.17, 15) is 10.1 Å². The summed E-state index contributed by atoms with van der Waals surface area (Å²) in [5.41, 5.74) is -0.0848. The van der Waals surface area contributed by atoms with Crippen LogP contribution in [0, 0.1) is 16.0 Å². The molecule has 2 atom stereocenters. The van der Waals surface area contributed by atoms with Gasteiger partial charge in [-0.25, -0.2) is 4.98 Å². The number of nitro groups is 1. The molecule has 1 heterocycles. The largest absolute Gasteiger partial charge is 0.366 e. The van der Waals surface area contributed by atoms with Gasteiger partial charge < -0.3 is 5.32 Å². The summed E-state index contributed by atoms with van der Waals surface area (Å²) in [4.78, 5) is 13.9. The predicted molar refractivity (Wildman–Crippen MR) is 61.7 cm³/mol. The Balaban J connectivity index is 2.08. The maximum absolute atomic E-state index is 10.5. The van der Waals surface area contributed by atoms with Crippen molar-refractivity contribution in [2.24, 2.45) is 5.92 Å². The Morgan fingerprint density at radius 2 is 2.50 bits per heavy atom. The molecule has 0 spiro atoms. The van der Waals surface area contributed by atoms with Gasteiger partial charge >= 0.3 is 0 Å². The van der Waals surface area contributed by atoms with Gasteiger partial charge in [0.15, 0.2) is 0 Å². The molecular weight excluding hydrogens is 230 g/mol. The highest BCUT2D eigenvalue weighted by molar-refractivity contribution is 6.33. The lowest BCUT2D eigenvalue weighted by atomic mass is 10.3. The molecule has 0 amide bonds. The van der Waals surface area contributed by atoms with Crippen LogP contribution < -0.4 is 5.32 Å². The van der Waals surface area contributed by atoms with Crippen LogP contribution in [0.4, 0.5) is 11.5 Å². The van der Waals surface area contributed by atoms with Crippen molar-refractivity contribution in [3.8, 4) is 0 Å². The van der Waals surface area contributed by atoms with Gasteiger partial charge in [-0.15, -0.1) is 0 Å². The number of hydrogen-bond acceptors (Lipinski definition) is 4. The summed E-state index contributed by atoms with van der Waals surface area (Å²) < 4.78 is 0. The lowest BCUT2D eigenvalue weighted by molar-refractivity contribution is -0.385. The highest BCUT2D eigenvalue weighted by Gasteiger charge is 2.35. The summed E-state index contributed by atoms with van der Waals surface area (Å²) >= 11 is 5.91. The van der Waals surface area contributed by atoms with Crippen LogP contribution in [0.2, 0.25) is 5.02 Å². The van der Waals surface area contributed by atoms with Crippen LogP contribution in [0.1, 0.15) is 19.8 Å². The third-order valence-corrected chi connectivity index (χ3v) is 3.09. The van der Waals surface area contributed by atoms with E-state index in [0.717, 1.165) is 12.8 Å². The van der Waals surface area contributed by atoms with E-state index >= 15 is 0 Å². The average molecular weight is 242 g/mol. The summed E-state index contributed by atoms with van der Waals surface area (Å²) in [6.07, 6.45) is 3.46. The lowest BCUT2D eigenvalue weighted by Gasteiger charge is -2.05. The Bertz CT molecular complexity index is 425. The fraction of sp³-hybridized carbons (Fsp3) is 0.500. The zero-order chi connectivity index (χ0) is 11.7. The highest BCUT2D eigenvalue weighted by Crippen LogP contribution is 2.37. The molecule has 0 bridgehead atoms. The molecule has 5 nitrogen and oxygen atoms in total. The fourth-order valence-electron chi connectivity index (χ4n) is 1.69. The van der Waals surface area contributed by atoms with Crippen LogP contribution >= 0.6 is 11.6 Å². The Morgan fingerprint density at radius 1 is 1.75 bits per heavy atom. The Morgan fingerprint density at radius 3 is 3.00 bits per heavy atom. The third kappa shape index (κ3) is 2.24. The summed E-state index contributed by atoms with van der Waals surface area (Å²) in [5, 5.41) is 14.0. The first-order chi connectivity index (χ1) is 7.61. The van der Waals surface area contributed by atoms with Gasteiger partial charge in [-0.1, -0.05) is 24.9 Å². The molecule has 1 N–H and O–H groups in total. The number of halogens is 1. The van der Waals surface area contributed by atoms with Crippen LogP contribution in [0.3, 0.4) is 0 Å². The average Bonchev–Trinajstić information content (AvgIpc) is 2.99. The SMILES string of the molecule is CCC1CC1Nc1ncc([N+](=O)[O-])cc1Cl. The molecule has 1 aliphatic rings. The normalized spacial score (nSPS) is 22.9. The van der Waals surface area contributed by atoms with E-state index < -0.39 is 4.92 Å². The molecule has 1 fully saturated rings. The first-order valence-electron chi connectivity index (χ1n) is 5.18. The zero-order valence-electron chi connectivity index (χ0n) is 8.81. The summed E-state index contributed by atoms with van der Waals surface area (Å²) in [7, 11) is 0. The lowest BCUT2D eigenvalue weighted by Crippen LogP contribution is -2.06. The molecule has 1 aromatic heterocycles. The minimum atomic E-state index is -0.505. The van der Waals surface area contributed by atoms with Crippen LogP contribution in [-0.2, 0) is 0 Å². The van der Waals surface area contributed by atoms with E-state index in [1.807, 2.05) is 0 Å². The number of anilines is 1. The molecule has 2 rings (SSSR count). The third-order valence-electron chi connectivity index (χ3n) is 2.81. The van der Waals surface area contributed by atoms with Gasteiger partial charge in [0.05, 0.1) is 9.95 Å². The molecular formula is C10H12ClN3O2. The first-order valence-corrected chi connectivity index (χ1v) is 5.56. The molecule has 1 saturated carbocycles. The maximum Gasteiger partial charge on any atom is 0.289 e. The van der Waals surface area contributed by atoms with Gasteiger partial charge in [0.1, 0.15) is 12.0 Å². The Hall–Kier alpha value is -1.36. The Labute approximate surface area is 98.0 Å². The van der Waals surface area contributed by atoms with Crippen molar-refractivity contribution in [3.63, 3.8) is 0 Å². The van der Waals surface area contributed by atoms with Crippen LogP contribution in [0.5, 0.6) is 0 Å². The molecule has 0 aliphatic heterocycles. The van der Waals surface area contributed by atoms with E-state index in [4.69, 9.17) is 11.6 Å². The summed E-state index contributed by atoms with van der Waals surface area (Å²) in [5.74, 6) is 1.21. The second-order valence-corrected chi connectivity index (χ2v) is 4.34. The highest BCUT2D eigenvalue weighted by atomic mass is 35.5. The number of nitrogens with one attached hydrogen (secondary N) is 1. The van der Waals surface area contributed by atoms with Crippen molar-refractivity contribution < 1.29 is 4.92 Å². The van der Waals surface area contributed by atoms with Crippen molar-refractivity contribution >= 4 is 23.1 Å². The summed E-state index contributed by atoms with van der Waals surface area (Å²) in [6, 6.07) is 1.73. The number of aromatic nitrogens is 1. The van der Waals surface area contributed by atoms with Crippen LogP contribution in [-0.4, -0.2) is 15.9 Å². The van der Waals surface area contributed by atoms with Crippen molar-refractivity contribution in [2.45, 2.75) is 25.8 Å².